The SMILES string of the molecule is Cc1nn2c(C3CCCN(Cc4ccc(Cl)cc4)C3)ccnc2c1CNC(C)c1ccccc1. The van der Waals surface area contributed by atoms with Crippen LogP contribution < -0.4 is 5.32 Å². The van der Waals surface area contributed by atoms with Crippen LogP contribution in [0.4, 0.5) is 0 Å². The summed E-state index contributed by atoms with van der Waals surface area (Å²) in [5.41, 5.74) is 7.04. The number of piperidine rings is 1. The van der Waals surface area contributed by atoms with Crippen molar-refractivity contribution in [2.75, 3.05) is 13.1 Å². The Labute approximate surface area is 206 Å². The third kappa shape index (κ3) is 5.02. The van der Waals surface area contributed by atoms with E-state index in [1.54, 1.807) is 0 Å². The Morgan fingerprint density at radius 1 is 1.09 bits per heavy atom. The molecule has 5 nitrogen and oxygen atoms in total. The highest BCUT2D eigenvalue weighted by Gasteiger charge is 2.25. The minimum Gasteiger partial charge on any atom is -0.306 e. The normalized spacial score (nSPS) is 17.8. The Morgan fingerprint density at radius 3 is 2.68 bits per heavy atom. The van der Waals surface area contributed by atoms with Crippen LogP contribution in [0.1, 0.15) is 59.8 Å². The molecule has 0 spiro atoms. The molecule has 0 amide bonds. The standard InChI is InChI=1S/C28H32ClN5/c1-20(23-7-4-3-5-8-23)31-17-26-21(2)32-34-27(14-15-30-28(26)34)24-9-6-16-33(19-24)18-22-10-12-25(29)13-11-22/h3-5,7-8,10-15,20,24,31H,6,9,16-19H2,1-2H3. The van der Waals surface area contributed by atoms with Crippen molar-refractivity contribution in [1.82, 2.24) is 24.8 Å². The predicted molar refractivity (Wildman–Crippen MR) is 138 cm³/mol. The topological polar surface area (TPSA) is 45.5 Å². The van der Waals surface area contributed by atoms with Crippen molar-refractivity contribution in [3.63, 3.8) is 0 Å². The molecule has 34 heavy (non-hydrogen) atoms. The number of hydrogen-bond donors (Lipinski definition) is 1. The Kier molecular flexibility index (Phi) is 6.95. The number of hydrogen-bond acceptors (Lipinski definition) is 4. The van der Waals surface area contributed by atoms with Crippen molar-refractivity contribution in [2.24, 2.45) is 0 Å². The van der Waals surface area contributed by atoms with E-state index in [0.717, 1.165) is 42.5 Å². The highest BCUT2D eigenvalue weighted by molar-refractivity contribution is 6.30. The van der Waals surface area contributed by atoms with Crippen molar-refractivity contribution in [3.05, 3.63) is 100.0 Å². The van der Waals surface area contributed by atoms with Crippen LogP contribution in [0.15, 0.2) is 66.9 Å². The second-order valence-corrected chi connectivity index (χ2v) is 9.82. The van der Waals surface area contributed by atoms with E-state index >= 15 is 0 Å². The van der Waals surface area contributed by atoms with Gasteiger partial charge in [-0.2, -0.15) is 5.10 Å². The van der Waals surface area contributed by atoms with Crippen molar-refractivity contribution >= 4 is 17.2 Å². The molecule has 5 rings (SSSR count). The van der Waals surface area contributed by atoms with Crippen LogP contribution in [0.2, 0.25) is 5.02 Å². The van der Waals surface area contributed by atoms with Crippen molar-refractivity contribution in [3.8, 4) is 0 Å². The maximum atomic E-state index is 6.06. The first-order valence-electron chi connectivity index (χ1n) is 12.2. The second-order valence-electron chi connectivity index (χ2n) is 9.38. The minimum atomic E-state index is 0.263. The van der Waals surface area contributed by atoms with E-state index in [9.17, 15) is 0 Å². The van der Waals surface area contributed by atoms with Gasteiger partial charge in [0.1, 0.15) is 0 Å². The number of benzene rings is 2. The molecule has 2 atom stereocenters. The first-order chi connectivity index (χ1) is 16.6. The molecule has 176 valence electrons. The molecule has 1 N–H and O–H groups in total. The lowest BCUT2D eigenvalue weighted by Gasteiger charge is -2.33. The van der Waals surface area contributed by atoms with Gasteiger partial charge < -0.3 is 5.32 Å². The zero-order valence-electron chi connectivity index (χ0n) is 19.9. The molecule has 1 aliphatic rings. The van der Waals surface area contributed by atoms with E-state index in [1.165, 1.54) is 35.2 Å². The highest BCUT2D eigenvalue weighted by Crippen LogP contribution is 2.29. The Hall–Kier alpha value is -2.73. The van der Waals surface area contributed by atoms with E-state index in [2.05, 4.69) is 77.1 Å². The Bertz CT molecular complexity index is 1240. The molecule has 1 aliphatic heterocycles. The summed E-state index contributed by atoms with van der Waals surface area (Å²) in [7, 11) is 0. The molecule has 4 aromatic rings. The summed E-state index contributed by atoms with van der Waals surface area (Å²) in [5.74, 6) is 0.440. The predicted octanol–water partition coefficient (Wildman–Crippen LogP) is 5.92. The van der Waals surface area contributed by atoms with Crippen LogP contribution in [0.25, 0.3) is 5.65 Å². The summed E-state index contributed by atoms with van der Waals surface area (Å²) in [5, 5.41) is 9.39. The molecule has 6 heteroatoms. The van der Waals surface area contributed by atoms with Gasteiger partial charge in [0.25, 0.3) is 0 Å². The number of halogens is 1. The molecule has 0 aliphatic carbocycles. The fourth-order valence-electron chi connectivity index (χ4n) is 5.03. The van der Waals surface area contributed by atoms with E-state index in [1.807, 2.05) is 18.3 Å². The molecular formula is C28H32ClN5. The molecule has 2 aromatic carbocycles. The smallest absolute Gasteiger partial charge is 0.159 e. The van der Waals surface area contributed by atoms with E-state index in [-0.39, 0.29) is 6.04 Å². The van der Waals surface area contributed by atoms with Gasteiger partial charge >= 0.3 is 0 Å². The third-order valence-corrected chi connectivity index (χ3v) is 7.22. The van der Waals surface area contributed by atoms with Crippen molar-refractivity contribution < 1.29 is 0 Å². The number of nitrogens with one attached hydrogen (secondary N) is 1. The van der Waals surface area contributed by atoms with Gasteiger partial charge in [0.05, 0.1) is 11.4 Å². The summed E-state index contributed by atoms with van der Waals surface area (Å²) in [4.78, 5) is 7.28. The molecule has 1 saturated heterocycles. The van der Waals surface area contributed by atoms with Gasteiger partial charge in [-0.3, -0.25) is 4.90 Å². The maximum Gasteiger partial charge on any atom is 0.159 e. The van der Waals surface area contributed by atoms with Gasteiger partial charge in [-0.15, -0.1) is 0 Å². The molecule has 0 bridgehead atoms. The van der Waals surface area contributed by atoms with E-state index in [0.29, 0.717) is 5.92 Å². The molecule has 2 aromatic heterocycles. The zero-order chi connectivity index (χ0) is 23.5. The first kappa shape index (κ1) is 23.0. The maximum absolute atomic E-state index is 6.06. The average molecular weight is 474 g/mol. The van der Waals surface area contributed by atoms with Crippen molar-refractivity contribution in [2.45, 2.75) is 51.7 Å². The quantitative estimate of drug-likeness (QED) is 0.362. The molecular weight excluding hydrogens is 442 g/mol. The average Bonchev–Trinajstić information content (AvgIpc) is 3.19. The fraction of sp³-hybridized carbons (Fsp3) is 0.357. The van der Waals surface area contributed by atoms with E-state index < -0.39 is 0 Å². The van der Waals surface area contributed by atoms with Gasteiger partial charge in [0, 0.05) is 48.4 Å². The monoisotopic (exact) mass is 473 g/mol. The largest absolute Gasteiger partial charge is 0.306 e. The van der Waals surface area contributed by atoms with Gasteiger partial charge in [-0.05, 0) is 62.6 Å². The highest BCUT2D eigenvalue weighted by atomic mass is 35.5. The number of nitrogens with zero attached hydrogens (tertiary/aromatic N) is 4. The Morgan fingerprint density at radius 2 is 1.88 bits per heavy atom. The first-order valence-corrected chi connectivity index (χ1v) is 12.5. The van der Waals surface area contributed by atoms with Crippen molar-refractivity contribution in [1.29, 1.82) is 0 Å². The van der Waals surface area contributed by atoms with Crippen LogP contribution in [0.3, 0.4) is 0 Å². The summed E-state index contributed by atoms with van der Waals surface area (Å²) in [6.07, 6.45) is 4.31. The zero-order valence-corrected chi connectivity index (χ0v) is 20.7. The summed E-state index contributed by atoms with van der Waals surface area (Å²) < 4.78 is 2.09. The van der Waals surface area contributed by atoms with Crippen LogP contribution >= 0.6 is 11.6 Å². The number of likely N-dealkylation sites (tertiary alicyclic amines) is 1. The van der Waals surface area contributed by atoms with Crippen LogP contribution in [-0.2, 0) is 13.1 Å². The summed E-state index contributed by atoms with van der Waals surface area (Å²) >= 11 is 6.06. The lowest BCUT2D eigenvalue weighted by atomic mass is 9.94. The van der Waals surface area contributed by atoms with Crippen LogP contribution in [0, 0.1) is 6.92 Å². The number of rotatable bonds is 7. The van der Waals surface area contributed by atoms with Gasteiger partial charge in [-0.1, -0.05) is 54.1 Å². The summed E-state index contributed by atoms with van der Waals surface area (Å²) in [6, 6.07) is 21.2. The fourth-order valence-corrected chi connectivity index (χ4v) is 5.16. The number of fused-ring (bicyclic) bond motifs is 1. The Balaban J connectivity index is 1.33. The van der Waals surface area contributed by atoms with E-state index in [4.69, 9.17) is 21.7 Å². The molecule has 1 fully saturated rings. The lowest BCUT2D eigenvalue weighted by Crippen LogP contribution is -2.34. The molecule has 3 heterocycles. The minimum absolute atomic E-state index is 0.263. The lowest BCUT2D eigenvalue weighted by molar-refractivity contribution is 0.197. The summed E-state index contributed by atoms with van der Waals surface area (Å²) in [6.45, 7) is 8.14. The molecule has 2 unspecified atom stereocenters. The van der Waals surface area contributed by atoms with Crippen LogP contribution in [-0.4, -0.2) is 32.6 Å². The van der Waals surface area contributed by atoms with Crippen LogP contribution in [0.5, 0.6) is 0 Å². The van der Waals surface area contributed by atoms with Gasteiger partial charge in [0.2, 0.25) is 0 Å². The third-order valence-electron chi connectivity index (χ3n) is 6.97. The number of aromatic nitrogens is 3. The molecule has 0 radical (unpaired) electrons. The van der Waals surface area contributed by atoms with Gasteiger partial charge in [-0.25, -0.2) is 9.50 Å². The second kappa shape index (κ2) is 10.3. The number of aryl methyl sites for hydroxylation is 1. The molecule has 0 saturated carbocycles. The van der Waals surface area contributed by atoms with Gasteiger partial charge in [0.15, 0.2) is 5.65 Å².